The number of aliphatic hydroxyl groups is 1. The van der Waals surface area contributed by atoms with E-state index >= 15 is 0 Å². The topological polar surface area (TPSA) is 23.5 Å². The Morgan fingerprint density at radius 1 is 1.33 bits per heavy atom. The first-order valence-electron chi connectivity index (χ1n) is 6.40. The molecule has 0 aliphatic rings. The van der Waals surface area contributed by atoms with Crippen molar-refractivity contribution < 1.29 is 9.50 Å². The van der Waals surface area contributed by atoms with Crippen LogP contribution >= 0.6 is 0 Å². The minimum absolute atomic E-state index is 0.249. The number of rotatable bonds is 5. The Balaban J connectivity index is 2.44. The lowest BCUT2D eigenvalue weighted by molar-refractivity contribution is 0.137. The summed E-state index contributed by atoms with van der Waals surface area (Å²) in [4.78, 5) is 2.20. The summed E-state index contributed by atoms with van der Waals surface area (Å²) in [5, 5.41) is 10.00. The monoisotopic (exact) mass is 253 g/mol. The average Bonchev–Trinajstić information content (AvgIpc) is 2.23. The van der Waals surface area contributed by atoms with E-state index in [-0.39, 0.29) is 11.2 Å². The summed E-state index contributed by atoms with van der Waals surface area (Å²) in [5.41, 5.74) is 0.901. The molecule has 0 aromatic heterocycles. The molecule has 0 aliphatic carbocycles. The highest BCUT2D eigenvalue weighted by molar-refractivity contribution is 5.18. The highest BCUT2D eigenvalue weighted by Gasteiger charge is 2.15. The lowest BCUT2D eigenvalue weighted by atomic mass is 9.96. The maximum absolute atomic E-state index is 13.0. The first-order chi connectivity index (χ1) is 8.28. The van der Waals surface area contributed by atoms with Crippen molar-refractivity contribution in [1.82, 2.24) is 4.90 Å². The summed E-state index contributed by atoms with van der Waals surface area (Å²) < 4.78 is 13.0. The molecule has 0 bridgehead atoms. The molecule has 1 aromatic carbocycles. The summed E-state index contributed by atoms with van der Waals surface area (Å²) in [7, 11) is 2.05. The molecule has 1 aromatic rings. The van der Waals surface area contributed by atoms with E-state index in [0.29, 0.717) is 12.0 Å². The van der Waals surface area contributed by atoms with E-state index in [4.69, 9.17) is 0 Å². The standard InChI is InChI=1S/C15H24FNO/c1-15(2,3)11-17(4)9-8-14(18)12-6-5-7-13(16)10-12/h5-7,10,14,18H,8-9,11H2,1-4H3. The van der Waals surface area contributed by atoms with Crippen LogP contribution < -0.4 is 0 Å². The molecule has 18 heavy (non-hydrogen) atoms. The van der Waals surface area contributed by atoms with Gasteiger partial charge in [-0.1, -0.05) is 32.9 Å². The number of halogens is 1. The van der Waals surface area contributed by atoms with E-state index in [1.807, 2.05) is 7.05 Å². The Morgan fingerprint density at radius 3 is 2.56 bits per heavy atom. The van der Waals surface area contributed by atoms with Gasteiger partial charge in [-0.25, -0.2) is 4.39 Å². The molecule has 0 fully saturated rings. The minimum atomic E-state index is -0.594. The highest BCUT2D eigenvalue weighted by atomic mass is 19.1. The van der Waals surface area contributed by atoms with Gasteiger partial charge in [0, 0.05) is 13.1 Å². The fourth-order valence-corrected chi connectivity index (χ4v) is 2.11. The number of hydrogen-bond acceptors (Lipinski definition) is 2. The van der Waals surface area contributed by atoms with Crippen LogP contribution in [-0.2, 0) is 0 Å². The normalized spacial score (nSPS) is 13.9. The van der Waals surface area contributed by atoms with Crippen LogP contribution in [0.2, 0.25) is 0 Å². The van der Waals surface area contributed by atoms with E-state index in [1.54, 1.807) is 12.1 Å². The van der Waals surface area contributed by atoms with Crippen molar-refractivity contribution >= 4 is 0 Å². The molecule has 1 N–H and O–H groups in total. The van der Waals surface area contributed by atoms with Crippen LogP contribution in [0.15, 0.2) is 24.3 Å². The van der Waals surface area contributed by atoms with Gasteiger partial charge in [0.15, 0.2) is 0 Å². The van der Waals surface area contributed by atoms with Crippen molar-refractivity contribution in [3.63, 3.8) is 0 Å². The lowest BCUT2D eigenvalue weighted by Crippen LogP contribution is -2.30. The highest BCUT2D eigenvalue weighted by Crippen LogP contribution is 2.19. The van der Waals surface area contributed by atoms with Gasteiger partial charge in [0.25, 0.3) is 0 Å². The molecule has 1 rings (SSSR count). The first-order valence-corrected chi connectivity index (χ1v) is 6.40. The number of nitrogens with zero attached hydrogens (tertiary/aromatic N) is 1. The Kier molecular flexibility index (Phi) is 5.29. The van der Waals surface area contributed by atoms with Crippen molar-refractivity contribution in [2.75, 3.05) is 20.1 Å². The zero-order valence-electron chi connectivity index (χ0n) is 11.8. The van der Waals surface area contributed by atoms with E-state index in [1.165, 1.54) is 12.1 Å². The predicted molar refractivity (Wildman–Crippen MR) is 72.9 cm³/mol. The zero-order chi connectivity index (χ0) is 13.8. The average molecular weight is 253 g/mol. The predicted octanol–water partition coefficient (Wildman–Crippen LogP) is 3.23. The van der Waals surface area contributed by atoms with Crippen molar-refractivity contribution in [2.45, 2.75) is 33.3 Å². The van der Waals surface area contributed by atoms with E-state index in [0.717, 1.165) is 13.1 Å². The van der Waals surface area contributed by atoms with Crippen LogP contribution in [0.3, 0.4) is 0 Å². The molecule has 3 heteroatoms. The Bertz CT molecular complexity index is 373. The molecule has 0 saturated carbocycles. The summed E-state index contributed by atoms with van der Waals surface area (Å²) in [5.74, 6) is -0.297. The summed E-state index contributed by atoms with van der Waals surface area (Å²) in [6.07, 6.45) is 0.0267. The van der Waals surface area contributed by atoms with Crippen molar-refractivity contribution in [3.05, 3.63) is 35.6 Å². The van der Waals surface area contributed by atoms with Crippen LogP contribution in [0.1, 0.15) is 38.9 Å². The van der Waals surface area contributed by atoms with E-state index in [2.05, 4.69) is 25.7 Å². The van der Waals surface area contributed by atoms with Gasteiger partial charge in [-0.3, -0.25) is 0 Å². The third kappa shape index (κ3) is 5.61. The smallest absolute Gasteiger partial charge is 0.123 e. The van der Waals surface area contributed by atoms with Gasteiger partial charge in [0.05, 0.1) is 6.10 Å². The van der Waals surface area contributed by atoms with E-state index in [9.17, 15) is 9.50 Å². The third-order valence-corrected chi connectivity index (χ3v) is 2.76. The number of hydrogen-bond donors (Lipinski definition) is 1. The minimum Gasteiger partial charge on any atom is -0.388 e. The van der Waals surface area contributed by atoms with Gasteiger partial charge < -0.3 is 10.0 Å². The summed E-state index contributed by atoms with van der Waals surface area (Å²) in [6.45, 7) is 8.34. The quantitative estimate of drug-likeness (QED) is 0.871. The van der Waals surface area contributed by atoms with Crippen molar-refractivity contribution in [1.29, 1.82) is 0 Å². The van der Waals surface area contributed by atoms with Gasteiger partial charge in [-0.05, 0) is 36.6 Å². The fraction of sp³-hybridized carbons (Fsp3) is 0.600. The summed E-state index contributed by atoms with van der Waals surface area (Å²) in [6, 6.07) is 6.18. The number of aliphatic hydroxyl groups excluding tert-OH is 1. The second kappa shape index (κ2) is 6.30. The van der Waals surface area contributed by atoms with Gasteiger partial charge in [0.2, 0.25) is 0 Å². The Hall–Kier alpha value is -0.930. The van der Waals surface area contributed by atoms with Crippen molar-refractivity contribution in [2.24, 2.45) is 5.41 Å². The molecule has 0 heterocycles. The van der Waals surface area contributed by atoms with Gasteiger partial charge >= 0.3 is 0 Å². The van der Waals surface area contributed by atoms with Gasteiger partial charge in [0.1, 0.15) is 5.82 Å². The molecular formula is C15H24FNO. The van der Waals surface area contributed by atoms with E-state index < -0.39 is 6.10 Å². The Morgan fingerprint density at radius 2 is 2.00 bits per heavy atom. The van der Waals surface area contributed by atoms with Gasteiger partial charge in [-0.15, -0.1) is 0 Å². The molecule has 0 saturated heterocycles. The Labute approximate surface area is 109 Å². The van der Waals surface area contributed by atoms with Crippen molar-refractivity contribution in [3.8, 4) is 0 Å². The maximum atomic E-state index is 13.0. The molecule has 102 valence electrons. The second-order valence-corrected chi connectivity index (χ2v) is 6.16. The van der Waals surface area contributed by atoms with Crippen LogP contribution in [0.5, 0.6) is 0 Å². The summed E-state index contributed by atoms with van der Waals surface area (Å²) >= 11 is 0. The van der Waals surface area contributed by atoms with Gasteiger partial charge in [-0.2, -0.15) is 0 Å². The second-order valence-electron chi connectivity index (χ2n) is 6.16. The van der Waals surface area contributed by atoms with Crippen LogP contribution in [0, 0.1) is 11.2 Å². The lowest BCUT2D eigenvalue weighted by Gasteiger charge is -2.27. The van der Waals surface area contributed by atoms with Crippen LogP contribution in [0.4, 0.5) is 4.39 Å². The number of benzene rings is 1. The molecule has 0 radical (unpaired) electrons. The molecule has 1 atom stereocenters. The molecule has 1 unspecified atom stereocenters. The maximum Gasteiger partial charge on any atom is 0.123 e. The molecule has 0 spiro atoms. The first kappa shape index (κ1) is 15.1. The molecular weight excluding hydrogens is 229 g/mol. The largest absolute Gasteiger partial charge is 0.388 e. The van der Waals surface area contributed by atoms with Crippen LogP contribution in [-0.4, -0.2) is 30.1 Å². The molecule has 2 nitrogen and oxygen atoms in total. The van der Waals surface area contributed by atoms with Crippen LogP contribution in [0.25, 0.3) is 0 Å². The molecule has 0 amide bonds. The third-order valence-electron chi connectivity index (χ3n) is 2.76. The molecule has 0 aliphatic heterocycles. The zero-order valence-corrected chi connectivity index (χ0v) is 11.8. The fourth-order valence-electron chi connectivity index (χ4n) is 2.11. The SMILES string of the molecule is CN(CCC(O)c1cccc(F)c1)CC(C)(C)C.